The molecule has 18 heavy (non-hydrogen) atoms. The van der Waals surface area contributed by atoms with Crippen LogP contribution in [0.15, 0.2) is 36.5 Å². The van der Waals surface area contributed by atoms with Gasteiger partial charge in [-0.25, -0.2) is 13.8 Å². The lowest BCUT2D eigenvalue weighted by molar-refractivity contribution is 0.101. The van der Waals surface area contributed by atoms with Gasteiger partial charge in [0.15, 0.2) is 5.78 Å². The monoisotopic (exact) mass is 249 g/mol. The van der Waals surface area contributed by atoms with E-state index in [2.05, 4.69) is 4.98 Å². The Morgan fingerprint density at radius 2 is 1.83 bits per heavy atom. The number of ether oxygens (including phenoxy) is 1. The van der Waals surface area contributed by atoms with Crippen LogP contribution in [0, 0.1) is 11.6 Å². The summed E-state index contributed by atoms with van der Waals surface area (Å²) >= 11 is 0. The molecule has 1 aromatic heterocycles. The summed E-state index contributed by atoms with van der Waals surface area (Å²) in [5.41, 5.74) is 0.0410. The van der Waals surface area contributed by atoms with E-state index in [1.54, 1.807) is 0 Å². The molecular weight excluding hydrogens is 240 g/mol. The van der Waals surface area contributed by atoms with Gasteiger partial charge in [0.2, 0.25) is 5.88 Å². The summed E-state index contributed by atoms with van der Waals surface area (Å²) in [5.74, 6) is -1.07. The molecule has 92 valence electrons. The molecule has 0 saturated heterocycles. The minimum atomic E-state index is -0.619. The summed E-state index contributed by atoms with van der Waals surface area (Å²) in [6.45, 7) is 1.29. The number of Topliss-reactive ketones (excluding diaryl/α,β-unsaturated/α-hetero) is 1. The lowest BCUT2D eigenvalue weighted by Gasteiger charge is -2.07. The van der Waals surface area contributed by atoms with Crippen LogP contribution in [-0.2, 0) is 0 Å². The van der Waals surface area contributed by atoms with Crippen molar-refractivity contribution in [2.45, 2.75) is 6.92 Å². The summed E-state index contributed by atoms with van der Waals surface area (Å²) in [5, 5.41) is 0. The number of nitrogens with zero attached hydrogens (tertiary/aromatic N) is 1. The van der Waals surface area contributed by atoms with Crippen LogP contribution in [0.2, 0.25) is 0 Å². The standard InChI is InChI=1S/C13H9F2NO2/c1-8(17)12-6-10(15)7-16-13(12)18-11-4-2-9(14)3-5-11/h2-7H,1H3. The Labute approximate surface area is 102 Å². The largest absolute Gasteiger partial charge is 0.438 e. The first-order valence-corrected chi connectivity index (χ1v) is 5.16. The summed E-state index contributed by atoms with van der Waals surface area (Å²) in [4.78, 5) is 15.0. The average Bonchev–Trinajstić information content (AvgIpc) is 2.34. The van der Waals surface area contributed by atoms with E-state index in [1.165, 1.54) is 31.2 Å². The normalized spacial score (nSPS) is 10.2. The molecule has 0 spiro atoms. The topological polar surface area (TPSA) is 39.2 Å². The minimum Gasteiger partial charge on any atom is -0.438 e. The second-order valence-corrected chi connectivity index (χ2v) is 3.62. The van der Waals surface area contributed by atoms with Gasteiger partial charge in [-0.2, -0.15) is 0 Å². The molecule has 0 unspecified atom stereocenters. The predicted octanol–water partition coefficient (Wildman–Crippen LogP) is 3.35. The fraction of sp³-hybridized carbons (Fsp3) is 0.0769. The number of carbonyl (C=O) groups excluding carboxylic acids is 1. The van der Waals surface area contributed by atoms with Crippen molar-refractivity contribution in [1.29, 1.82) is 0 Å². The molecule has 2 rings (SSSR count). The number of carbonyl (C=O) groups is 1. The Morgan fingerprint density at radius 3 is 2.44 bits per heavy atom. The SMILES string of the molecule is CC(=O)c1cc(F)cnc1Oc1ccc(F)cc1. The zero-order chi connectivity index (χ0) is 13.1. The van der Waals surface area contributed by atoms with E-state index in [4.69, 9.17) is 4.74 Å². The average molecular weight is 249 g/mol. The number of hydrogen-bond acceptors (Lipinski definition) is 3. The van der Waals surface area contributed by atoms with Crippen molar-refractivity contribution in [3.8, 4) is 11.6 Å². The zero-order valence-corrected chi connectivity index (χ0v) is 9.48. The first-order chi connectivity index (χ1) is 8.56. The van der Waals surface area contributed by atoms with E-state index in [1.807, 2.05) is 0 Å². The first-order valence-electron chi connectivity index (χ1n) is 5.16. The van der Waals surface area contributed by atoms with Crippen molar-refractivity contribution >= 4 is 5.78 Å². The molecule has 0 radical (unpaired) electrons. The molecule has 0 aliphatic rings. The quantitative estimate of drug-likeness (QED) is 0.783. The molecule has 1 aromatic carbocycles. The van der Waals surface area contributed by atoms with E-state index < -0.39 is 11.6 Å². The second kappa shape index (κ2) is 4.91. The molecule has 0 N–H and O–H groups in total. The number of halogens is 2. The molecule has 1 heterocycles. The van der Waals surface area contributed by atoms with E-state index >= 15 is 0 Å². The van der Waals surface area contributed by atoms with Crippen LogP contribution < -0.4 is 4.74 Å². The van der Waals surface area contributed by atoms with E-state index in [-0.39, 0.29) is 17.2 Å². The fourth-order valence-electron chi connectivity index (χ4n) is 1.37. The molecule has 0 amide bonds. The van der Waals surface area contributed by atoms with Gasteiger partial charge in [-0.1, -0.05) is 0 Å². The Morgan fingerprint density at radius 1 is 1.17 bits per heavy atom. The highest BCUT2D eigenvalue weighted by molar-refractivity contribution is 5.96. The number of benzene rings is 1. The first kappa shape index (κ1) is 12.2. The molecule has 0 atom stereocenters. The van der Waals surface area contributed by atoms with Crippen molar-refractivity contribution in [1.82, 2.24) is 4.98 Å². The van der Waals surface area contributed by atoms with Gasteiger partial charge in [-0.15, -0.1) is 0 Å². The van der Waals surface area contributed by atoms with Crippen LogP contribution >= 0.6 is 0 Å². The number of ketones is 1. The number of pyridine rings is 1. The van der Waals surface area contributed by atoms with Crippen LogP contribution in [0.5, 0.6) is 11.6 Å². The molecule has 0 saturated carbocycles. The Bertz CT molecular complexity index is 582. The molecule has 0 fully saturated rings. The van der Waals surface area contributed by atoms with Crippen LogP contribution in [0.1, 0.15) is 17.3 Å². The maximum atomic E-state index is 13.0. The van der Waals surface area contributed by atoms with E-state index in [9.17, 15) is 13.6 Å². The van der Waals surface area contributed by atoms with Gasteiger partial charge < -0.3 is 4.74 Å². The molecule has 5 heteroatoms. The third-order valence-corrected chi connectivity index (χ3v) is 2.23. The van der Waals surface area contributed by atoms with Gasteiger partial charge in [0.25, 0.3) is 0 Å². The highest BCUT2D eigenvalue weighted by Gasteiger charge is 2.12. The molecule has 3 nitrogen and oxygen atoms in total. The number of rotatable bonds is 3. The fourth-order valence-corrected chi connectivity index (χ4v) is 1.37. The maximum Gasteiger partial charge on any atom is 0.230 e. The Hall–Kier alpha value is -2.30. The lowest BCUT2D eigenvalue weighted by atomic mass is 10.2. The minimum absolute atomic E-state index is 0.00416. The number of hydrogen-bond donors (Lipinski definition) is 0. The Kier molecular flexibility index (Phi) is 3.32. The van der Waals surface area contributed by atoms with Crippen molar-refractivity contribution < 1.29 is 18.3 Å². The highest BCUT2D eigenvalue weighted by atomic mass is 19.1. The molecular formula is C13H9F2NO2. The third kappa shape index (κ3) is 2.68. The summed E-state index contributed by atoms with van der Waals surface area (Å²) in [6, 6.07) is 6.27. The van der Waals surface area contributed by atoms with E-state index in [0.29, 0.717) is 5.75 Å². The smallest absolute Gasteiger partial charge is 0.230 e. The van der Waals surface area contributed by atoms with Crippen molar-refractivity contribution in [2.75, 3.05) is 0 Å². The van der Waals surface area contributed by atoms with Crippen molar-refractivity contribution in [2.24, 2.45) is 0 Å². The summed E-state index contributed by atoms with van der Waals surface area (Å²) in [6.07, 6.45) is 0.950. The van der Waals surface area contributed by atoms with Crippen LogP contribution in [-0.4, -0.2) is 10.8 Å². The lowest BCUT2D eigenvalue weighted by Crippen LogP contribution is -2.00. The van der Waals surface area contributed by atoms with Gasteiger partial charge >= 0.3 is 0 Å². The van der Waals surface area contributed by atoms with E-state index in [0.717, 1.165) is 12.3 Å². The zero-order valence-electron chi connectivity index (χ0n) is 9.48. The van der Waals surface area contributed by atoms with Gasteiger partial charge in [0.05, 0.1) is 11.8 Å². The predicted molar refractivity (Wildman–Crippen MR) is 60.7 cm³/mol. The van der Waals surface area contributed by atoms with Gasteiger partial charge in [-0.3, -0.25) is 4.79 Å². The van der Waals surface area contributed by atoms with Crippen LogP contribution in [0.25, 0.3) is 0 Å². The molecule has 0 bridgehead atoms. The van der Waals surface area contributed by atoms with Crippen LogP contribution in [0.4, 0.5) is 8.78 Å². The van der Waals surface area contributed by atoms with Crippen LogP contribution in [0.3, 0.4) is 0 Å². The molecule has 0 aliphatic heterocycles. The Balaban J connectivity index is 2.34. The summed E-state index contributed by atoms with van der Waals surface area (Å²) in [7, 11) is 0. The maximum absolute atomic E-state index is 13.0. The molecule has 0 aliphatic carbocycles. The molecule has 2 aromatic rings. The third-order valence-electron chi connectivity index (χ3n) is 2.23. The second-order valence-electron chi connectivity index (χ2n) is 3.62. The van der Waals surface area contributed by atoms with Gasteiger partial charge in [-0.05, 0) is 37.3 Å². The van der Waals surface area contributed by atoms with Crippen molar-refractivity contribution in [3.05, 3.63) is 53.7 Å². The van der Waals surface area contributed by atoms with Crippen molar-refractivity contribution in [3.63, 3.8) is 0 Å². The highest BCUT2D eigenvalue weighted by Crippen LogP contribution is 2.24. The number of aromatic nitrogens is 1. The van der Waals surface area contributed by atoms with Gasteiger partial charge in [0.1, 0.15) is 17.4 Å². The summed E-state index contributed by atoms with van der Waals surface area (Å²) < 4.78 is 31.0. The van der Waals surface area contributed by atoms with Gasteiger partial charge in [0, 0.05) is 0 Å².